The van der Waals surface area contributed by atoms with Gasteiger partial charge in [0.15, 0.2) is 0 Å². The quantitative estimate of drug-likeness (QED) is 0.339. The lowest BCUT2D eigenvalue weighted by Gasteiger charge is -2.24. The van der Waals surface area contributed by atoms with Gasteiger partial charge in [0.05, 0.1) is 0 Å². The lowest BCUT2D eigenvalue weighted by atomic mass is 9.82. The molecule has 31 heavy (non-hydrogen) atoms. The van der Waals surface area contributed by atoms with E-state index in [2.05, 4.69) is 102 Å². The zero-order valence-corrected chi connectivity index (χ0v) is 20.8. The lowest BCUT2D eigenvalue weighted by Crippen LogP contribution is -2.12. The van der Waals surface area contributed by atoms with E-state index in [0.29, 0.717) is 0 Å². The third kappa shape index (κ3) is 9.72. The van der Waals surface area contributed by atoms with Gasteiger partial charge in [-0.25, -0.2) is 0 Å². The smallest absolute Gasteiger partial charge is 0.0125 e. The molecular weight excluding hydrogens is 372 g/mol. The van der Waals surface area contributed by atoms with E-state index in [1.165, 1.54) is 58.7 Å². The van der Waals surface area contributed by atoms with E-state index in [9.17, 15) is 0 Å². The van der Waals surface area contributed by atoms with Crippen LogP contribution in [-0.4, -0.2) is 0 Å². The Morgan fingerprint density at radius 3 is 1.19 bits per heavy atom. The van der Waals surface area contributed by atoms with Gasteiger partial charge in [-0.15, -0.1) is 0 Å². The molecule has 0 aliphatic heterocycles. The third-order valence-corrected chi connectivity index (χ3v) is 6.29. The molecule has 1 aliphatic rings. The van der Waals surface area contributed by atoms with Crippen LogP contribution in [0.5, 0.6) is 0 Å². The molecule has 4 rings (SSSR count). The first-order valence-electron chi connectivity index (χ1n) is 11.9. The molecule has 1 saturated carbocycles. The maximum atomic E-state index is 2.38. The van der Waals surface area contributed by atoms with Gasteiger partial charge >= 0.3 is 0 Å². The Morgan fingerprint density at radius 2 is 0.903 bits per heavy atom. The average Bonchev–Trinajstić information content (AvgIpc) is 2.75. The molecule has 2 atom stereocenters. The van der Waals surface area contributed by atoms with E-state index in [-0.39, 0.29) is 7.43 Å². The topological polar surface area (TPSA) is 0 Å². The largest absolute Gasteiger partial charge is 0.0776 e. The van der Waals surface area contributed by atoms with Crippen molar-refractivity contribution in [3.05, 3.63) is 82.9 Å². The minimum absolute atomic E-state index is 0. The highest BCUT2D eigenvalue weighted by atomic mass is 14.2. The zero-order valence-electron chi connectivity index (χ0n) is 20.8. The van der Waals surface area contributed by atoms with Crippen molar-refractivity contribution >= 4 is 10.8 Å². The second-order valence-corrected chi connectivity index (χ2v) is 8.57. The van der Waals surface area contributed by atoms with Crippen LogP contribution in [0, 0.1) is 39.5 Å². The molecule has 0 bridgehead atoms. The van der Waals surface area contributed by atoms with Crippen LogP contribution in [0.4, 0.5) is 0 Å². The maximum Gasteiger partial charge on any atom is -0.0125 e. The highest BCUT2D eigenvalue weighted by Crippen LogP contribution is 2.28. The van der Waals surface area contributed by atoms with E-state index in [4.69, 9.17) is 0 Å². The summed E-state index contributed by atoms with van der Waals surface area (Å²) in [5.74, 6) is 2.01. The van der Waals surface area contributed by atoms with Crippen molar-refractivity contribution in [3.8, 4) is 0 Å². The first-order valence-corrected chi connectivity index (χ1v) is 11.9. The van der Waals surface area contributed by atoms with Gasteiger partial charge in [-0.1, -0.05) is 121 Å². The molecule has 1 fully saturated rings. The summed E-state index contributed by atoms with van der Waals surface area (Å²) in [5, 5.41) is 2.75. The van der Waals surface area contributed by atoms with Gasteiger partial charge in [-0.3, -0.25) is 0 Å². The van der Waals surface area contributed by atoms with Crippen LogP contribution in [0.3, 0.4) is 0 Å². The molecular formula is C31H48. The van der Waals surface area contributed by atoms with Crippen LogP contribution < -0.4 is 0 Å². The first kappa shape index (κ1) is 28.9. The highest BCUT2D eigenvalue weighted by Gasteiger charge is 2.15. The molecule has 0 heteroatoms. The van der Waals surface area contributed by atoms with Crippen LogP contribution in [0.2, 0.25) is 0 Å². The van der Waals surface area contributed by atoms with Gasteiger partial charge in [0.2, 0.25) is 0 Å². The molecule has 0 radical (unpaired) electrons. The fourth-order valence-electron chi connectivity index (χ4n) is 3.91. The second kappa shape index (κ2) is 15.7. The second-order valence-electron chi connectivity index (χ2n) is 8.57. The summed E-state index contributed by atoms with van der Waals surface area (Å²) in [6, 6.07) is 21.2. The number of benzene rings is 3. The molecule has 172 valence electrons. The zero-order chi connectivity index (χ0) is 22.5. The number of aryl methyl sites for hydroxylation is 4. The van der Waals surface area contributed by atoms with Gasteiger partial charge in [0.1, 0.15) is 0 Å². The van der Waals surface area contributed by atoms with Crippen molar-refractivity contribution in [1.82, 2.24) is 0 Å². The molecule has 3 aromatic rings. The predicted octanol–water partition coefficient (Wildman–Crippen LogP) is 10.3. The van der Waals surface area contributed by atoms with Crippen LogP contribution >= 0.6 is 0 Å². The Morgan fingerprint density at radius 1 is 0.548 bits per heavy atom. The van der Waals surface area contributed by atoms with Crippen molar-refractivity contribution < 1.29 is 0 Å². The highest BCUT2D eigenvalue weighted by molar-refractivity contribution is 5.88. The third-order valence-electron chi connectivity index (χ3n) is 6.29. The lowest BCUT2D eigenvalue weighted by molar-refractivity contribution is 0.277. The molecule has 0 aromatic heterocycles. The predicted molar refractivity (Wildman–Crippen MR) is 144 cm³/mol. The van der Waals surface area contributed by atoms with Crippen molar-refractivity contribution in [1.29, 1.82) is 0 Å². The Labute approximate surface area is 194 Å². The van der Waals surface area contributed by atoms with Gasteiger partial charge in [0, 0.05) is 0 Å². The minimum atomic E-state index is 0. The summed E-state index contributed by atoms with van der Waals surface area (Å²) in [6.07, 6.45) is 5.90. The molecule has 0 amide bonds. The Bertz CT molecular complexity index is 791. The molecule has 0 nitrogen and oxygen atoms in total. The van der Waals surface area contributed by atoms with Crippen molar-refractivity contribution in [2.24, 2.45) is 11.8 Å². The number of rotatable bonds is 0. The van der Waals surface area contributed by atoms with Gasteiger partial charge in [-0.2, -0.15) is 0 Å². The standard InChI is InChI=1S/C12H12.C8H16.C8H10.C2H6.CH4/c1-9-5-3-7-11-8-4-6-10(2)12(9)11;2*1-7-5-3-4-6-8(7)2;1-2;/h3-8H,1-2H3;7-8H,3-6H2,1-2H3;3-6H,1-2H3;1-2H3;1H4. The maximum absolute atomic E-state index is 2.38. The minimum Gasteiger partial charge on any atom is -0.0776 e. The molecule has 0 spiro atoms. The summed E-state index contributed by atoms with van der Waals surface area (Å²) >= 11 is 0. The van der Waals surface area contributed by atoms with Crippen molar-refractivity contribution in [2.75, 3.05) is 0 Å². The van der Waals surface area contributed by atoms with E-state index in [1.807, 2.05) is 13.8 Å². The molecule has 0 N–H and O–H groups in total. The van der Waals surface area contributed by atoms with Crippen molar-refractivity contribution in [2.45, 2.75) is 88.5 Å². The van der Waals surface area contributed by atoms with E-state index < -0.39 is 0 Å². The summed E-state index contributed by atoms with van der Waals surface area (Å²) in [4.78, 5) is 0. The van der Waals surface area contributed by atoms with E-state index >= 15 is 0 Å². The van der Waals surface area contributed by atoms with Crippen LogP contribution in [0.15, 0.2) is 60.7 Å². The number of fused-ring (bicyclic) bond motifs is 1. The van der Waals surface area contributed by atoms with Crippen LogP contribution in [0.1, 0.15) is 83.1 Å². The average molecular weight is 421 g/mol. The molecule has 0 heterocycles. The summed E-state index contributed by atoms with van der Waals surface area (Å²) in [5.41, 5.74) is 5.47. The van der Waals surface area contributed by atoms with Crippen molar-refractivity contribution in [3.63, 3.8) is 0 Å². The molecule has 2 unspecified atom stereocenters. The van der Waals surface area contributed by atoms with Crippen LogP contribution in [0.25, 0.3) is 10.8 Å². The first-order chi connectivity index (χ1) is 14.4. The number of hydrogen-bond donors (Lipinski definition) is 0. The Balaban J connectivity index is 0.000000424. The van der Waals surface area contributed by atoms with Gasteiger partial charge in [-0.05, 0) is 72.6 Å². The van der Waals surface area contributed by atoms with Crippen LogP contribution in [-0.2, 0) is 0 Å². The normalized spacial score (nSPS) is 16.9. The van der Waals surface area contributed by atoms with Gasteiger partial charge < -0.3 is 0 Å². The van der Waals surface area contributed by atoms with Gasteiger partial charge in [0.25, 0.3) is 0 Å². The SMILES string of the molecule is C.CC.CC1CCCCC1C.Cc1cccc2cccc(C)c12.Cc1ccccc1C. The summed E-state index contributed by atoms with van der Waals surface area (Å²) < 4.78 is 0. The Hall–Kier alpha value is -2.08. The van der Waals surface area contributed by atoms with E-state index in [1.54, 1.807) is 0 Å². The Kier molecular flexibility index (Phi) is 14.6. The van der Waals surface area contributed by atoms with E-state index in [0.717, 1.165) is 11.8 Å². The molecule has 1 aliphatic carbocycles. The summed E-state index contributed by atoms with van der Waals surface area (Å²) in [7, 11) is 0. The monoisotopic (exact) mass is 420 g/mol. The molecule has 3 aromatic carbocycles. The fourth-order valence-corrected chi connectivity index (χ4v) is 3.91. The number of hydrogen-bond acceptors (Lipinski definition) is 0. The molecule has 0 saturated heterocycles. The fraction of sp³-hybridized carbons (Fsp3) is 0.484. The summed E-state index contributed by atoms with van der Waals surface area (Å²) in [6.45, 7) is 17.3.